The van der Waals surface area contributed by atoms with Crippen LogP contribution < -0.4 is 0 Å². The zero-order valence-corrected chi connectivity index (χ0v) is 7.53. The molecule has 0 saturated carbocycles. The van der Waals surface area contributed by atoms with Crippen LogP contribution in [0.25, 0.3) is 0 Å². The van der Waals surface area contributed by atoms with E-state index in [2.05, 4.69) is 5.16 Å². The van der Waals surface area contributed by atoms with Gasteiger partial charge in [-0.2, -0.15) is 0 Å². The van der Waals surface area contributed by atoms with E-state index in [1.807, 2.05) is 6.92 Å². The average molecular weight is 181 g/mol. The molecule has 0 spiro atoms. The standard InChI is InChI=1S/C10H12FNO/c1-2-7-13-12-8-9-5-3-4-6-10(9)11/h3-6,8H,2,7H2,1H3/b12-8+. The lowest BCUT2D eigenvalue weighted by Crippen LogP contribution is -1.89. The highest BCUT2D eigenvalue weighted by Crippen LogP contribution is 2.02. The van der Waals surface area contributed by atoms with Crippen LogP contribution in [-0.2, 0) is 4.84 Å². The van der Waals surface area contributed by atoms with E-state index in [4.69, 9.17) is 4.84 Å². The molecule has 0 aliphatic heterocycles. The van der Waals surface area contributed by atoms with Crippen molar-refractivity contribution >= 4 is 6.21 Å². The maximum atomic E-state index is 13.0. The highest BCUT2D eigenvalue weighted by molar-refractivity contribution is 5.79. The normalized spacial score (nSPS) is 10.6. The van der Waals surface area contributed by atoms with Crippen LogP contribution >= 0.6 is 0 Å². The Kier molecular flexibility index (Phi) is 3.96. The van der Waals surface area contributed by atoms with Crippen LogP contribution in [0.3, 0.4) is 0 Å². The molecule has 0 radical (unpaired) electrons. The number of hydrogen-bond donors (Lipinski definition) is 0. The Bertz CT molecular complexity index is 286. The van der Waals surface area contributed by atoms with Crippen molar-refractivity contribution in [2.24, 2.45) is 5.16 Å². The molecule has 0 atom stereocenters. The SMILES string of the molecule is CCCO/N=C/c1ccccc1F. The van der Waals surface area contributed by atoms with Crippen molar-refractivity contribution in [1.29, 1.82) is 0 Å². The largest absolute Gasteiger partial charge is 0.396 e. The first-order valence-electron chi connectivity index (χ1n) is 4.24. The van der Waals surface area contributed by atoms with E-state index in [0.717, 1.165) is 6.42 Å². The average Bonchev–Trinajstić information content (AvgIpc) is 2.15. The van der Waals surface area contributed by atoms with Crippen LogP contribution in [-0.4, -0.2) is 12.8 Å². The third kappa shape index (κ3) is 3.23. The van der Waals surface area contributed by atoms with Crippen LogP contribution in [0.4, 0.5) is 4.39 Å². The predicted octanol–water partition coefficient (Wildman–Crippen LogP) is 2.59. The third-order valence-electron chi connectivity index (χ3n) is 1.47. The van der Waals surface area contributed by atoms with E-state index >= 15 is 0 Å². The molecule has 70 valence electrons. The molecule has 0 fully saturated rings. The summed E-state index contributed by atoms with van der Waals surface area (Å²) in [6, 6.07) is 6.43. The van der Waals surface area contributed by atoms with Crippen LogP contribution in [0.5, 0.6) is 0 Å². The first-order chi connectivity index (χ1) is 6.34. The van der Waals surface area contributed by atoms with Gasteiger partial charge in [0, 0.05) is 5.56 Å². The topological polar surface area (TPSA) is 21.6 Å². The van der Waals surface area contributed by atoms with Crippen molar-refractivity contribution in [2.75, 3.05) is 6.61 Å². The number of halogens is 1. The van der Waals surface area contributed by atoms with Crippen molar-refractivity contribution in [3.05, 3.63) is 35.6 Å². The summed E-state index contributed by atoms with van der Waals surface area (Å²) in [5.74, 6) is -0.286. The Balaban J connectivity index is 2.53. The van der Waals surface area contributed by atoms with Gasteiger partial charge in [-0.05, 0) is 12.5 Å². The Morgan fingerprint density at radius 2 is 2.23 bits per heavy atom. The van der Waals surface area contributed by atoms with E-state index in [0.29, 0.717) is 12.2 Å². The molecule has 0 bridgehead atoms. The second-order valence-electron chi connectivity index (χ2n) is 2.59. The summed E-state index contributed by atoms with van der Waals surface area (Å²) < 4.78 is 13.0. The van der Waals surface area contributed by atoms with Gasteiger partial charge in [0.05, 0.1) is 6.21 Å². The van der Waals surface area contributed by atoms with Crippen molar-refractivity contribution < 1.29 is 9.23 Å². The summed E-state index contributed by atoms with van der Waals surface area (Å²) in [6.45, 7) is 2.55. The zero-order chi connectivity index (χ0) is 9.52. The molecule has 13 heavy (non-hydrogen) atoms. The molecule has 0 N–H and O–H groups in total. The molecule has 0 aromatic heterocycles. The molecular formula is C10H12FNO. The molecule has 0 aliphatic rings. The number of nitrogens with zero attached hydrogens (tertiary/aromatic N) is 1. The van der Waals surface area contributed by atoms with Crippen molar-refractivity contribution in [2.45, 2.75) is 13.3 Å². The van der Waals surface area contributed by atoms with Gasteiger partial charge in [-0.25, -0.2) is 4.39 Å². The first-order valence-corrected chi connectivity index (χ1v) is 4.24. The molecule has 1 rings (SSSR count). The van der Waals surface area contributed by atoms with Gasteiger partial charge in [-0.1, -0.05) is 30.3 Å². The Labute approximate surface area is 77.0 Å². The smallest absolute Gasteiger partial charge is 0.132 e. The van der Waals surface area contributed by atoms with Crippen LogP contribution in [0.15, 0.2) is 29.4 Å². The number of oxime groups is 1. The lowest BCUT2D eigenvalue weighted by molar-refractivity contribution is 0.146. The lowest BCUT2D eigenvalue weighted by atomic mass is 10.2. The van der Waals surface area contributed by atoms with E-state index in [-0.39, 0.29) is 5.82 Å². The Morgan fingerprint density at radius 1 is 1.46 bits per heavy atom. The van der Waals surface area contributed by atoms with Crippen LogP contribution in [0.1, 0.15) is 18.9 Å². The summed E-state index contributed by atoms with van der Waals surface area (Å²) in [7, 11) is 0. The van der Waals surface area contributed by atoms with E-state index < -0.39 is 0 Å². The maximum Gasteiger partial charge on any atom is 0.132 e. The highest BCUT2D eigenvalue weighted by atomic mass is 19.1. The Morgan fingerprint density at radius 3 is 2.92 bits per heavy atom. The maximum absolute atomic E-state index is 13.0. The third-order valence-corrected chi connectivity index (χ3v) is 1.47. The fourth-order valence-electron chi connectivity index (χ4n) is 0.818. The van der Waals surface area contributed by atoms with Crippen LogP contribution in [0.2, 0.25) is 0 Å². The summed E-state index contributed by atoms with van der Waals surface area (Å²) in [6.07, 6.45) is 2.28. The molecule has 2 nitrogen and oxygen atoms in total. The second kappa shape index (κ2) is 5.30. The molecule has 0 saturated heterocycles. The van der Waals surface area contributed by atoms with Gasteiger partial charge in [0.25, 0.3) is 0 Å². The molecule has 1 aromatic carbocycles. The van der Waals surface area contributed by atoms with Crippen molar-refractivity contribution in [3.8, 4) is 0 Å². The fraction of sp³-hybridized carbons (Fsp3) is 0.300. The molecular weight excluding hydrogens is 169 g/mol. The summed E-state index contributed by atoms with van der Waals surface area (Å²) in [5.41, 5.74) is 0.443. The van der Waals surface area contributed by atoms with E-state index in [9.17, 15) is 4.39 Å². The molecule has 0 aliphatic carbocycles. The van der Waals surface area contributed by atoms with Gasteiger partial charge in [0.15, 0.2) is 0 Å². The monoisotopic (exact) mass is 181 g/mol. The zero-order valence-electron chi connectivity index (χ0n) is 7.53. The summed E-state index contributed by atoms with van der Waals surface area (Å²) in [5, 5.41) is 3.63. The number of rotatable bonds is 4. The molecule has 3 heteroatoms. The highest BCUT2D eigenvalue weighted by Gasteiger charge is 1.95. The minimum absolute atomic E-state index is 0.286. The van der Waals surface area contributed by atoms with E-state index in [1.165, 1.54) is 12.3 Å². The first kappa shape index (κ1) is 9.71. The van der Waals surface area contributed by atoms with Gasteiger partial charge in [0.2, 0.25) is 0 Å². The summed E-state index contributed by atoms with van der Waals surface area (Å²) >= 11 is 0. The van der Waals surface area contributed by atoms with Gasteiger partial charge in [-0.3, -0.25) is 0 Å². The molecule has 0 heterocycles. The lowest BCUT2D eigenvalue weighted by Gasteiger charge is -1.95. The molecule has 0 unspecified atom stereocenters. The Hall–Kier alpha value is -1.38. The van der Waals surface area contributed by atoms with Gasteiger partial charge in [0.1, 0.15) is 12.4 Å². The quantitative estimate of drug-likeness (QED) is 0.397. The van der Waals surface area contributed by atoms with Crippen LogP contribution in [0, 0.1) is 5.82 Å². The van der Waals surface area contributed by atoms with E-state index in [1.54, 1.807) is 18.2 Å². The number of hydrogen-bond acceptors (Lipinski definition) is 2. The van der Waals surface area contributed by atoms with Crippen molar-refractivity contribution in [3.63, 3.8) is 0 Å². The minimum Gasteiger partial charge on any atom is -0.396 e. The fourth-order valence-corrected chi connectivity index (χ4v) is 0.818. The molecule has 0 amide bonds. The minimum atomic E-state index is -0.286. The second-order valence-corrected chi connectivity index (χ2v) is 2.59. The van der Waals surface area contributed by atoms with Gasteiger partial charge in [-0.15, -0.1) is 0 Å². The van der Waals surface area contributed by atoms with Crippen molar-refractivity contribution in [1.82, 2.24) is 0 Å². The molecule has 1 aromatic rings. The predicted molar refractivity (Wildman–Crippen MR) is 50.2 cm³/mol. The number of benzene rings is 1. The van der Waals surface area contributed by atoms with Gasteiger partial charge < -0.3 is 4.84 Å². The van der Waals surface area contributed by atoms with Gasteiger partial charge >= 0.3 is 0 Å². The summed E-state index contributed by atoms with van der Waals surface area (Å²) in [4.78, 5) is 4.84.